The number of amides is 1. The molecule has 7 nitrogen and oxygen atoms in total. The minimum Gasteiger partial charge on any atom is -0.497 e. The van der Waals surface area contributed by atoms with Crippen LogP contribution in [-0.2, 0) is 4.79 Å². The highest BCUT2D eigenvalue weighted by molar-refractivity contribution is 8.00. The molecule has 9 heteroatoms. The summed E-state index contributed by atoms with van der Waals surface area (Å²) in [5.74, 6) is 1.16. The molecule has 0 aliphatic carbocycles. The van der Waals surface area contributed by atoms with Gasteiger partial charge in [0.25, 0.3) is 0 Å². The lowest BCUT2D eigenvalue weighted by Gasteiger charge is -2.16. The Kier molecular flexibility index (Phi) is 6.96. The Balaban J connectivity index is 1.67. The molecule has 4 aromatic rings. The molecule has 4 rings (SSSR count). The third-order valence-electron chi connectivity index (χ3n) is 5.04. The lowest BCUT2D eigenvalue weighted by Crippen LogP contribution is -2.23. The summed E-state index contributed by atoms with van der Waals surface area (Å²) in [6, 6.07) is 16.7. The largest absolute Gasteiger partial charge is 0.497 e. The van der Waals surface area contributed by atoms with Crippen molar-refractivity contribution in [2.45, 2.75) is 24.3 Å². The van der Waals surface area contributed by atoms with E-state index in [9.17, 15) is 4.79 Å². The molecule has 2 aromatic carbocycles. The van der Waals surface area contributed by atoms with Crippen molar-refractivity contribution in [1.29, 1.82) is 0 Å². The SMILES string of the molecule is COc1cccc(NC(=O)C(C)Sc2nnc(-c3ccncc3)n2-c2cccc(Cl)c2C)c1. The number of ether oxygens (including phenoxy) is 1. The summed E-state index contributed by atoms with van der Waals surface area (Å²) in [6.07, 6.45) is 3.41. The number of hydrogen-bond acceptors (Lipinski definition) is 6. The van der Waals surface area contributed by atoms with E-state index in [0.717, 1.165) is 16.8 Å². The van der Waals surface area contributed by atoms with E-state index in [2.05, 4.69) is 20.5 Å². The van der Waals surface area contributed by atoms with Crippen LogP contribution in [0, 0.1) is 6.92 Å². The minimum absolute atomic E-state index is 0.156. The van der Waals surface area contributed by atoms with Gasteiger partial charge in [-0.2, -0.15) is 0 Å². The van der Waals surface area contributed by atoms with Gasteiger partial charge in [-0.25, -0.2) is 0 Å². The number of carbonyl (C=O) groups excluding carboxylic acids is 1. The average molecular weight is 480 g/mol. The maximum Gasteiger partial charge on any atom is 0.237 e. The molecular weight excluding hydrogens is 458 g/mol. The maximum absolute atomic E-state index is 12.9. The molecular formula is C24H22ClN5O2S. The molecule has 0 saturated carbocycles. The average Bonchev–Trinajstić information content (AvgIpc) is 3.24. The lowest BCUT2D eigenvalue weighted by molar-refractivity contribution is -0.115. The van der Waals surface area contributed by atoms with E-state index in [1.54, 1.807) is 25.6 Å². The van der Waals surface area contributed by atoms with Crippen LogP contribution in [0.2, 0.25) is 5.02 Å². The van der Waals surface area contributed by atoms with Gasteiger partial charge < -0.3 is 10.1 Å². The van der Waals surface area contributed by atoms with Crippen molar-refractivity contribution < 1.29 is 9.53 Å². The number of rotatable bonds is 7. The first kappa shape index (κ1) is 22.8. The van der Waals surface area contributed by atoms with Gasteiger partial charge in [0.15, 0.2) is 11.0 Å². The van der Waals surface area contributed by atoms with Gasteiger partial charge in [0.05, 0.1) is 18.0 Å². The molecule has 2 aromatic heterocycles. The van der Waals surface area contributed by atoms with Crippen LogP contribution in [0.1, 0.15) is 12.5 Å². The Labute approximate surface area is 201 Å². The Bertz CT molecular complexity index is 1280. The number of carbonyl (C=O) groups is 1. The summed E-state index contributed by atoms with van der Waals surface area (Å²) in [5.41, 5.74) is 3.26. The zero-order valence-corrected chi connectivity index (χ0v) is 19.9. The van der Waals surface area contributed by atoms with E-state index in [4.69, 9.17) is 16.3 Å². The molecule has 0 aliphatic heterocycles. The summed E-state index contributed by atoms with van der Waals surface area (Å²) in [5, 5.41) is 12.5. The van der Waals surface area contributed by atoms with Gasteiger partial charge in [-0.1, -0.05) is 35.5 Å². The second-order valence-electron chi connectivity index (χ2n) is 7.24. The van der Waals surface area contributed by atoms with Crippen LogP contribution in [-0.4, -0.2) is 38.0 Å². The quantitative estimate of drug-likeness (QED) is 0.356. The van der Waals surface area contributed by atoms with E-state index in [-0.39, 0.29) is 5.91 Å². The number of methoxy groups -OCH3 is 1. The van der Waals surface area contributed by atoms with Crippen LogP contribution in [0.3, 0.4) is 0 Å². The van der Waals surface area contributed by atoms with E-state index in [1.165, 1.54) is 11.8 Å². The van der Waals surface area contributed by atoms with Gasteiger partial charge in [-0.15, -0.1) is 10.2 Å². The monoisotopic (exact) mass is 479 g/mol. The Morgan fingerprint density at radius 3 is 2.64 bits per heavy atom. The smallest absolute Gasteiger partial charge is 0.237 e. The summed E-state index contributed by atoms with van der Waals surface area (Å²) in [7, 11) is 1.59. The molecule has 0 fully saturated rings. The minimum atomic E-state index is -0.441. The lowest BCUT2D eigenvalue weighted by atomic mass is 10.2. The van der Waals surface area contributed by atoms with Crippen LogP contribution in [0.15, 0.2) is 72.1 Å². The molecule has 1 unspecified atom stereocenters. The molecule has 0 aliphatic rings. The first-order chi connectivity index (χ1) is 16.0. The fourth-order valence-electron chi connectivity index (χ4n) is 3.25. The second-order valence-corrected chi connectivity index (χ2v) is 8.96. The molecule has 2 heterocycles. The highest BCUT2D eigenvalue weighted by Crippen LogP contribution is 2.33. The molecule has 0 saturated heterocycles. The fraction of sp³-hybridized carbons (Fsp3) is 0.167. The van der Waals surface area contributed by atoms with E-state index < -0.39 is 5.25 Å². The maximum atomic E-state index is 12.9. The Morgan fingerprint density at radius 2 is 1.88 bits per heavy atom. The van der Waals surface area contributed by atoms with Crippen molar-refractivity contribution in [2.24, 2.45) is 0 Å². The Morgan fingerprint density at radius 1 is 1.12 bits per heavy atom. The summed E-state index contributed by atoms with van der Waals surface area (Å²) >= 11 is 7.73. The number of aromatic nitrogens is 4. The number of nitrogens with one attached hydrogen (secondary N) is 1. The zero-order chi connectivity index (χ0) is 23.4. The number of benzene rings is 2. The Hall–Kier alpha value is -3.36. The van der Waals surface area contributed by atoms with Gasteiger partial charge in [-0.05, 0) is 55.8 Å². The van der Waals surface area contributed by atoms with Gasteiger partial charge >= 0.3 is 0 Å². The number of halogens is 1. The van der Waals surface area contributed by atoms with Gasteiger partial charge in [0.2, 0.25) is 5.91 Å². The molecule has 1 atom stereocenters. The van der Waals surface area contributed by atoms with Crippen molar-refractivity contribution >= 4 is 35.0 Å². The van der Waals surface area contributed by atoms with Crippen LogP contribution >= 0.6 is 23.4 Å². The highest BCUT2D eigenvalue weighted by Gasteiger charge is 2.23. The van der Waals surface area contributed by atoms with Crippen LogP contribution in [0.25, 0.3) is 17.1 Å². The molecule has 0 radical (unpaired) electrons. The molecule has 33 heavy (non-hydrogen) atoms. The van der Waals surface area contributed by atoms with E-state index >= 15 is 0 Å². The number of thioether (sulfide) groups is 1. The molecule has 168 valence electrons. The fourth-order valence-corrected chi connectivity index (χ4v) is 4.28. The van der Waals surface area contributed by atoms with Crippen LogP contribution < -0.4 is 10.1 Å². The first-order valence-electron chi connectivity index (χ1n) is 10.2. The normalized spacial score (nSPS) is 11.8. The topological polar surface area (TPSA) is 81.9 Å². The predicted octanol–water partition coefficient (Wildman–Crippen LogP) is 5.42. The van der Waals surface area contributed by atoms with Gasteiger partial charge in [-0.3, -0.25) is 14.3 Å². The van der Waals surface area contributed by atoms with E-state index in [1.807, 2.05) is 66.9 Å². The van der Waals surface area contributed by atoms with Crippen molar-refractivity contribution in [3.05, 3.63) is 77.6 Å². The third kappa shape index (κ3) is 5.02. The first-order valence-corrected chi connectivity index (χ1v) is 11.5. The second kappa shape index (κ2) is 10.1. The highest BCUT2D eigenvalue weighted by atomic mass is 35.5. The number of anilines is 1. The van der Waals surface area contributed by atoms with Crippen molar-refractivity contribution in [2.75, 3.05) is 12.4 Å². The molecule has 0 spiro atoms. The summed E-state index contributed by atoms with van der Waals surface area (Å²) in [4.78, 5) is 17.0. The van der Waals surface area contributed by atoms with E-state index in [0.29, 0.717) is 27.4 Å². The van der Waals surface area contributed by atoms with Gasteiger partial charge in [0.1, 0.15) is 5.75 Å². The number of nitrogens with zero attached hydrogens (tertiary/aromatic N) is 4. The van der Waals surface area contributed by atoms with Gasteiger partial charge in [0, 0.05) is 34.7 Å². The number of pyridine rings is 1. The van der Waals surface area contributed by atoms with Crippen molar-refractivity contribution in [3.8, 4) is 22.8 Å². The number of hydrogen-bond donors (Lipinski definition) is 1. The zero-order valence-electron chi connectivity index (χ0n) is 18.3. The van der Waals surface area contributed by atoms with Crippen LogP contribution in [0.4, 0.5) is 5.69 Å². The summed E-state index contributed by atoms with van der Waals surface area (Å²) in [6.45, 7) is 3.78. The van der Waals surface area contributed by atoms with Crippen LogP contribution in [0.5, 0.6) is 5.75 Å². The third-order valence-corrected chi connectivity index (χ3v) is 6.49. The molecule has 1 N–H and O–H groups in total. The van der Waals surface area contributed by atoms with Crippen molar-refractivity contribution in [1.82, 2.24) is 19.7 Å². The standard InChI is InChI=1S/C24H22ClN5O2S/c1-15-20(25)8-5-9-21(15)30-22(17-10-12-26-13-11-17)28-29-24(30)33-16(2)23(31)27-18-6-4-7-19(14-18)32-3/h4-14,16H,1-3H3,(H,27,31). The predicted molar refractivity (Wildman–Crippen MR) is 131 cm³/mol. The molecule has 0 bridgehead atoms. The van der Waals surface area contributed by atoms with Crippen molar-refractivity contribution in [3.63, 3.8) is 0 Å². The summed E-state index contributed by atoms with van der Waals surface area (Å²) < 4.78 is 7.16. The molecule has 1 amide bonds.